The van der Waals surface area contributed by atoms with Crippen molar-refractivity contribution in [1.29, 1.82) is 0 Å². The summed E-state index contributed by atoms with van der Waals surface area (Å²) in [6.07, 6.45) is 6.62. The Hall–Kier alpha value is -2.36. The lowest BCUT2D eigenvalue weighted by Gasteiger charge is -2.13. The van der Waals surface area contributed by atoms with Crippen LogP contribution in [0.4, 0.5) is 0 Å². The molecule has 19 heavy (non-hydrogen) atoms. The molecule has 0 bridgehead atoms. The third-order valence-corrected chi connectivity index (χ3v) is 2.45. The van der Waals surface area contributed by atoms with E-state index in [-0.39, 0.29) is 6.42 Å². The van der Waals surface area contributed by atoms with Crippen molar-refractivity contribution in [2.45, 2.75) is 19.4 Å². The fraction of sp³-hybridized carbons (Fsp3) is 0.200. The van der Waals surface area contributed by atoms with Gasteiger partial charge in [0.2, 0.25) is 5.91 Å². The molecule has 0 aliphatic carbocycles. The van der Waals surface area contributed by atoms with Gasteiger partial charge in [0.05, 0.1) is 0 Å². The molecule has 1 rings (SSSR count). The van der Waals surface area contributed by atoms with E-state index in [1.165, 1.54) is 6.08 Å². The van der Waals surface area contributed by atoms with Gasteiger partial charge < -0.3 is 10.4 Å². The predicted octanol–water partition coefficient (Wildman–Crippen LogP) is 1.93. The zero-order chi connectivity index (χ0) is 14.1. The highest BCUT2D eigenvalue weighted by atomic mass is 16.4. The first kappa shape index (κ1) is 14.7. The van der Waals surface area contributed by atoms with Crippen molar-refractivity contribution in [1.82, 2.24) is 5.32 Å². The first-order valence-electron chi connectivity index (χ1n) is 6.00. The van der Waals surface area contributed by atoms with E-state index in [0.29, 0.717) is 0 Å². The quantitative estimate of drug-likeness (QED) is 0.606. The van der Waals surface area contributed by atoms with E-state index < -0.39 is 17.9 Å². The second-order valence-electron chi connectivity index (χ2n) is 3.97. The zero-order valence-corrected chi connectivity index (χ0v) is 10.7. The number of carboxylic acids is 1. The topological polar surface area (TPSA) is 66.4 Å². The maximum absolute atomic E-state index is 11.5. The van der Waals surface area contributed by atoms with Crippen molar-refractivity contribution < 1.29 is 14.7 Å². The molecular formula is C15H17NO3. The van der Waals surface area contributed by atoms with E-state index in [1.54, 1.807) is 18.2 Å². The minimum Gasteiger partial charge on any atom is -0.480 e. The molecule has 1 aromatic rings. The molecule has 100 valence electrons. The summed E-state index contributed by atoms with van der Waals surface area (Å²) in [5.41, 5.74) is 0.868. The van der Waals surface area contributed by atoms with Gasteiger partial charge in [-0.05, 0) is 12.5 Å². The summed E-state index contributed by atoms with van der Waals surface area (Å²) in [5, 5.41) is 11.6. The standard InChI is InChI=1S/C15H17NO3/c1-2-3-5-10-14(17)16-13(15(18)19)11-12-8-6-4-7-9-12/h2-10,13H,11H2,1H3,(H,16,17)(H,18,19)/t13-/m0/s1. The minimum atomic E-state index is -1.04. The number of carboxylic acid groups (broad SMARTS) is 1. The van der Waals surface area contributed by atoms with Crippen LogP contribution >= 0.6 is 0 Å². The van der Waals surface area contributed by atoms with Gasteiger partial charge in [0.1, 0.15) is 6.04 Å². The second-order valence-corrected chi connectivity index (χ2v) is 3.97. The van der Waals surface area contributed by atoms with Gasteiger partial charge >= 0.3 is 5.97 Å². The smallest absolute Gasteiger partial charge is 0.326 e. The van der Waals surface area contributed by atoms with Crippen molar-refractivity contribution in [2.75, 3.05) is 0 Å². The SMILES string of the molecule is CC=CC=CC(=O)N[C@@H](Cc1ccccc1)C(=O)O. The first-order chi connectivity index (χ1) is 9.13. The van der Waals surface area contributed by atoms with Crippen molar-refractivity contribution in [2.24, 2.45) is 0 Å². The van der Waals surface area contributed by atoms with Gasteiger partial charge in [-0.2, -0.15) is 0 Å². The molecule has 0 heterocycles. The summed E-state index contributed by atoms with van der Waals surface area (Å²) in [7, 11) is 0. The lowest BCUT2D eigenvalue weighted by molar-refractivity contribution is -0.141. The number of benzene rings is 1. The Morgan fingerprint density at radius 2 is 1.95 bits per heavy atom. The van der Waals surface area contributed by atoms with Gasteiger partial charge in [-0.25, -0.2) is 4.79 Å². The second kappa shape index (κ2) is 7.87. The van der Waals surface area contributed by atoms with Gasteiger partial charge in [0.25, 0.3) is 0 Å². The Morgan fingerprint density at radius 3 is 2.53 bits per heavy atom. The van der Waals surface area contributed by atoms with Crippen LogP contribution in [0.1, 0.15) is 12.5 Å². The Balaban J connectivity index is 2.64. The van der Waals surface area contributed by atoms with Crippen LogP contribution in [0.25, 0.3) is 0 Å². The number of aliphatic carboxylic acids is 1. The first-order valence-corrected chi connectivity index (χ1v) is 6.00. The van der Waals surface area contributed by atoms with E-state index in [1.807, 2.05) is 37.3 Å². The molecular weight excluding hydrogens is 242 g/mol. The van der Waals surface area contributed by atoms with Crippen LogP contribution in [-0.2, 0) is 16.0 Å². The minimum absolute atomic E-state index is 0.263. The predicted molar refractivity (Wildman–Crippen MR) is 73.7 cm³/mol. The highest BCUT2D eigenvalue weighted by Crippen LogP contribution is 2.03. The highest BCUT2D eigenvalue weighted by Gasteiger charge is 2.18. The van der Waals surface area contributed by atoms with Gasteiger partial charge in [-0.15, -0.1) is 0 Å². The van der Waals surface area contributed by atoms with Crippen LogP contribution < -0.4 is 5.32 Å². The van der Waals surface area contributed by atoms with Crippen molar-refractivity contribution >= 4 is 11.9 Å². The Morgan fingerprint density at radius 1 is 1.26 bits per heavy atom. The van der Waals surface area contributed by atoms with Gasteiger partial charge in [-0.3, -0.25) is 4.79 Å². The molecule has 1 atom stereocenters. The Bertz CT molecular complexity index is 477. The van der Waals surface area contributed by atoms with Crippen molar-refractivity contribution in [3.8, 4) is 0 Å². The number of carbonyl (C=O) groups is 2. The van der Waals surface area contributed by atoms with E-state index in [0.717, 1.165) is 5.56 Å². The summed E-state index contributed by atoms with van der Waals surface area (Å²) >= 11 is 0. The maximum Gasteiger partial charge on any atom is 0.326 e. The van der Waals surface area contributed by atoms with Crippen LogP contribution in [0, 0.1) is 0 Å². The fourth-order valence-electron chi connectivity index (χ4n) is 1.52. The largest absolute Gasteiger partial charge is 0.480 e. The fourth-order valence-corrected chi connectivity index (χ4v) is 1.52. The van der Waals surface area contributed by atoms with Gasteiger partial charge in [0.15, 0.2) is 0 Å². The molecule has 4 heteroatoms. The highest BCUT2D eigenvalue weighted by molar-refractivity contribution is 5.91. The molecule has 0 aliphatic heterocycles. The van der Waals surface area contributed by atoms with Crippen LogP contribution in [0.15, 0.2) is 54.6 Å². The zero-order valence-electron chi connectivity index (χ0n) is 10.7. The number of allylic oxidation sites excluding steroid dienone is 3. The van der Waals surface area contributed by atoms with Crippen molar-refractivity contribution in [3.05, 3.63) is 60.2 Å². The van der Waals surface area contributed by atoms with E-state index in [9.17, 15) is 9.59 Å². The van der Waals surface area contributed by atoms with Gasteiger partial charge in [-0.1, -0.05) is 48.6 Å². The summed E-state index contributed by atoms with van der Waals surface area (Å²) in [4.78, 5) is 22.6. The average Bonchev–Trinajstić information content (AvgIpc) is 2.39. The number of hydrogen-bond donors (Lipinski definition) is 2. The van der Waals surface area contributed by atoms with Crippen LogP contribution in [0.5, 0.6) is 0 Å². The molecule has 0 saturated carbocycles. The summed E-state index contributed by atoms with van der Waals surface area (Å²) in [5.74, 6) is -1.46. The monoisotopic (exact) mass is 259 g/mol. The summed E-state index contributed by atoms with van der Waals surface area (Å²) in [6.45, 7) is 1.83. The summed E-state index contributed by atoms with van der Waals surface area (Å²) in [6, 6.07) is 8.27. The molecule has 2 N–H and O–H groups in total. The number of nitrogens with one attached hydrogen (secondary N) is 1. The molecule has 0 fully saturated rings. The number of amides is 1. The third kappa shape index (κ3) is 5.68. The molecule has 0 spiro atoms. The molecule has 0 saturated heterocycles. The van der Waals surface area contributed by atoms with Crippen LogP contribution in [-0.4, -0.2) is 23.0 Å². The number of hydrogen-bond acceptors (Lipinski definition) is 2. The van der Waals surface area contributed by atoms with E-state index in [2.05, 4.69) is 5.32 Å². The molecule has 0 aliphatic rings. The molecule has 1 aromatic carbocycles. The number of carbonyl (C=O) groups excluding carboxylic acids is 1. The molecule has 0 aromatic heterocycles. The third-order valence-electron chi connectivity index (χ3n) is 2.45. The van der Waals surface area contributed by atoms with Crippen molar-refractivity contribution in [3.63, 3.8) is 0 Å². The molecule has 4 nitrogen and oxygen atoms in total. The van der Waals surface area contributed by atoms with Gasteiger partial charge in [0, 0.05) is 12.5 Å². The maximum atomic E-state index is 11.5. The molecule has 0 unspecified atom stereocenters. The number of rotatable bonds is 6. The van der Waals surface area contributed by atoms with E-state index in [4.69, 9.17) is 5.11 Å². The Labute approximate surface area is 112 Å². The molecule has 0 radical (unpaired) electrons. The average molecular weight is 259 g/mol. The normalized spacial score (nSPS) is 12.7. The lowest BCUT2D eigenvalue weighted by atomic mass is 10.1. The Kier molecular flexibility index (Phi) is 6.09. The van der Waals surface area contributed by atoms with Crippen LogP contribution in [0.3, 0.4) is 0 Å². The summed E-state index contributed by atoms with van der Waals surface area (Å²) < 4.78 is 0. The van der Waals surface area contributed by atoms with E-state index >= 15 is 0 Å². The molecule has 1 amide bonds. The van der Waals surface area contributed by atoms with Crippen LogP contribution in [0.2, 0.25) is 0 Å². The lowest BCUT2D eigenvalue weighted by Crippen LogP contribution is -2.41.